The molecule has 0 saturated carbocycles. The van der Waals surface area contributed by atoms with Crippen molar-refractivity contribution >= 4 is 122 Å². The van der Waals surface area contributed by atoms with E-state index < -0.39 is 76.4 Å². The van der Waals surface area contributed by atoms with Crippen LogP contribution in [0.25, 0.3) is 4.85 Å². The lowest BCUT2D eigenvalue weighted by atomic mass is 10.0. The second-order valence-corrected chi connectivity index (χ2v) is 27.3. The Balaban J connectivity index is 0.000000170. The molecule has 2 unspecified atom stereocenters. The SMILES string of the molecule is Cc1ccc(C(OC(=O)c2ccc(C#N)c(C)c2)c2ccc(Cl)cc2)nc1.N#Cc1c(F)cc(C(=O)N[C@@H](c2ccc(Cl)c(Cl)c2)c2ccc(Cl)cn2)cc1F.N#Cc1c(F)cc(C(=O)N[C@@H](c2ccc(Cl)cc2)c2ccc(Cl)cn2)cc1F.[C-]#[N+]c1ccc(CC(=O)NC(c2ccc(Cl)cc2)c2ccc(Cl)cn2)cc1. The van der Waals surface area contributed by atoms with Crippen molar-refractivity contribution in [3.63, 3.8) is 0 Å². The minimum atomic E-state index is -1.13. The molecule has 0 aliphatic heterocycles. The lowest BCUT2D eigenvalue weighted by Gasteiger charge is -2.20. The van der Waals surface area contributed by atoms with Gasteiger partial charge in [0, 0.05) is 51.0 Å². The van der Waals surface area contributed by atoms with Crippen molar-refractivity contribution in [3.8, 4) is 18.2 Å². The molecule has 0 saturated heterocycles. The molecule has 0 aliphatic rings. The summed E-state index contributed by atoms with van der Waals surface area (Å²) in [5.74, 6) is -6.63. The number of nitrogens with one attached hydrogen (secondary N) is 3. The molecule has 12 aromatic rings. The number of carbonyl (C=O) groups excluding carboxylic acids is 4. The van der Waals surface area contributed by atoms with Gasteiger partial charge in [-0.3, -0.25) is 34.3 Å². The van der Waals surface area contributed by atoms with Crippen molar-refractivity contribution in [2.45, 2.75) is 44.5 Å². The van der Waals surface area contributed by atoms with Gasteiger partial charge in [-0.1, -0.05) is 166 Å². The molecular weight excluding hydrogens is 1590 g/mol. The van der Waals surface area contributed by atoms with E-state index in [2.05, 4.69) is 46.8 Å². The Kier molecular flexibility index (Phi) is 29.7. The number of nitriles is 3. The lowest BCUT2D eigenvalue weighted by Crippen LogP contribution is -2.31. The molecule has 4 aromatic heterocycles. The van der Waals surface area contributed by atoms with Crippen molar-refractivity contribution in [2.24, 2.45) is 0 Å². The van der Waals surface area contributed by atoms with E-state index in [0.717, 1.165) is 52.1 Å². The predicted molar refractivity (Wildman–Crippen MR) is 418 cm³/mol. The summed E-state index contributed by atoms with van der Waals surface area (Å²) < 4.78 is 61.3. The van der Waals surface area contributed by atoms with E-state index in [0.29, 0.717) is 85.9 Å². The Morgan fingerprint density at radius 1 is 0.432 bits per heavy atom. The van der Waals surface area contributed by atoms with Gasteiger partial charge in [-0.25, -0.2) is 27.2 Å². The number of halogens is 12. The number of rotatable bonds is 17. The number of benzene rings is 8. The number of hydrogen-bond donors (Lipinski definition) is 3. The summed E-state index contributed by atoms with van der Waals surface area (Å²) in [5, 5.41) is 38.6. The van der Waals surface area contributed by atoms with Crippen LogP contribution >= 0.6 is 92.8 Å². The number of carbonyl (C=O) groups is 4. The van der Waals surface area contributed by atoms with E-state index >= 15 is 0 Å². The first kappa shape index (κ1) is 83.3. The van der Waals surface area contributed by atoms with Gasteiger partial charge in [0.25, 0.3) is 11.8 Å². The number of esters is 1. The quantitative estimate of drug-likeness (QED) is 0.0438. The molecule has 12 rings (SSSR count). The van der Waals surface area contributed by atoms with Gasteiger partial charge in [0.05, 0.1) is 96.2 Å². The van der Waals surface area contributed by atoms with Crippen molar-refractivity contribution in [2.75, 3.05) is 0 Å². The topological polar surface area (TPSA) is 241 Å². The summed E-state index contributed by atoms with van der Waals surface area (Å²) in [6.45, 7) is 10.7. The van der Waals surface area contributed by atoms with Gasteiger partial charge in [0.2, 0.25) is 5.91 Å². The first-order chi connectivity index (χ1) is 53.2. The number of pyridine rings is 4. The van der Waals surface area contributed by atoms with Gasteiger partial charge < -0.3 is 20.7 Å². The van der Waals surface area contributed by atoms with Gasteiger partial charge in [0.1, 0.15) is 46.5 Å². The van der Waals surface area contributed by atoms with Gasteiger partial charge in [-0.05, 0) is 186 Å². The van der Waals surface area contributed by atoms with E-state index in [4.69, 9.17) is 120 Å². The Morgan fingerprint density at radius 2 is 0.838 bits per heavy atom. The number of hydrogen-bond acceptors (Lipinski definition) is 12. The Labute approximate surface area is 674 Å². The van der Waals surface area contributed by atoms with Crippen LogP contribution in [0.4, 0.5) is 23.2 Å². The van der Waals surface area contributed by atoms with E-state index in [9.17, 15) is 36.7 Å². The van der Waals surface area contributed by atoms with Crippen LogP contribution in [0.2, 0.25) is 40.2 Å². The highest BCUT2D eigenvalue weighted by Crippen LogP contribution is 2.33. The molecule has 3 N–H and O–H groups in total. The molecule has 8 aromatic carbocycles. The minimum Gasteiger partial charge on any atom is -0.447 e. The molecule has 4 heterocycles. The number of aryl methyl sites for hydroxylation is 2. The van der Waals surface area contributed by atoms with Crippen molar-refractivity contribution < 1.29 is 41.5 Å². The molecule has 0 fully saturated rings. The maximum atomic E-state index is 13.9. The molecule has 0 aliphatic carbocycles. The lowest BCUT2D eigenvalue weighted by molar-refractivity contribution is -0.121. The van der Waals surface area contributed by atoms with Gasteiger partial charge >= 0.3 is 5.97 Å². The molecular formula is C83H53Cl8F4N11O5. The third-order valence-electron chi connectivity index (χ3n) is 16.1. The minimum absolute atomic E-state index is 0.151. The second kappa shape index (κ2) is 39.6. The summed E-state index contributed by atoms with van der Waals surface area (Å²) >= 11 is 47.6. The molecule has 28 heteroatoms. The van der Waals surface area contributed by atoms with Crippen LogP contribution in [0.15, 0.2) is 231 Å². The highest BCUT2D eigenvalue weighted by molar-refractivity contribution is 6.42. The highest BCUT2D eigenvalue weighted by atomic mass is 35.5. The third kappa shape index (κ3) is 23.2. The molecule has 0 radical (unpaired) electrons. The van der Waals surface area contributed by atoms with Crippen LogP contribution in [0.1, 0.15) is 134 Å². The van der Waals surface area contributed by atoms with Crippen LogP contribution in [0, 0.1) is 77.7 Å². The normalized spacial score (nSPS) is 11.5. The van der Waals surface area contributed by atoms with Crippen LogP contribution in [0.3, 0.4) is 0 Å². The number of nitrogens with zero attached hydrogens (tertiary/aromatic N) is 8. The molecule has 3 amide bonds. The first-order valence-electron chi connectivity index (χ1n) is 32.6. The van der Waals surface area contributed by atoms with Crippen molar-refractivity contribution in [1.29, 1.82) is 15.8 Å². The number of aromatic nitrogens is 4. The van der Waals surface area contributed by atoms with E-state index in [1.165, 1.54) is 24.5 Å². The van der Waals surface area contributed by atoms with E-state index in [-0.39, 0.29) is 28.5 Å². The molecule has 554 valence electrons. The Bertz CT molecular complexity index is 5360. The summed E-state index contributed by atoms with van der Waals surface area (Å²) in [7, 11) is 0. The van der Waals surface area contributed by atoms with E-state index in [1.54, 1.807) is 165 Å². The zero-order chi connectivity index (χ0) is 80.0. The van der Waals surface area contributed by atoms with Crippen molar-refractivity contribution in [3.05, 3.63) is 401 Å². The molecule has 4 atom stereocenters. The smallest absolute Gasteiger partial charge is 0.339 e. The molecule has 0 bridgehead atoms. The highest BCUT2D eigenvalue weighted by Gasteiger charge is 2.27. The zero-order valence-corrected chi connectivity index (χ0v) is 63.7. The fourth-order valence-electron chi connectivity index (χ4n) is 10.5. The number of ether oxygens (including phenoxy) is 1. The fraction of sp³-hybridized carbons (Fsp3) is 0.0843. The largest absolute Gasteiger partial charge is 0.447 e. The monoisotopic (exact) mass is 1640 g/mol. The standard InChI is InChI=1S/C22H17ClN2O2.C21H15Cl2N3O.C20H10Cl3F2N3O.C20H11Cl2F2N3O/c1-14-3-10-20(25-13-14)21(16-6-8-19(23)9-7-16)27-22(26)17-4-5-18(12-24)15(2)11-17;1-24-18-9-2-14(3-10-18)12-20(27)26-21(15-4-6-16(22)7-5-15)19-11-8-17(23)13-25-19;21-12-2-4-18(27-9-12)19(10-1-3-14(22)15(23)5-10)28-20(29)11-6-16(24)13(8-26)17(25)7-11;21-13-3-1-11(2-4-13)19(18-6-5-14(22)10-26-18)27-20(28)12-7-16(23)15(9-25)17(24)8-12/h3-11,13,21H,1-2H3;2-11,13,21H,12H2,(H,26,27);1-7,9,19H,(H,28,29);1-8,10,19H,(H,27,28)/t;;2*19-/m..00/s1. The first-order valence-corrected chi connectivity index (χ1v) is 35.6. The maximum Gasteiger partial charge on any atom is 0.339 e. The molecule has 0 spiro atoms. The van der Waals surface area contributed by atoms with Gasteiger partial charge in [-0.15, -0.1) is 0 Å². The van der Waals surface area contributed by atoms with Crippen LogP contribution < -0.4 is 16.0 Å². The van der Waals surface area contributed by atoms with Crippen LogP contribution in [-0.2, 0) is 16.0 Å². The average Bonchev–Trinajstić information content (AvgIpc) is 0.818. The Morgan fingerprint density at radius 3 is 1.23 bits per heavy atom. The summed E-state index contributed by atoms with van der Waals surface area (Å²) in [4.78, 5) is 71.2. The molecule has 111 heavy (non-hydrogen) atoms. The Hall–Kier alpha value is -11.8. The third-order valence-corrected chi connectivity index (χ3v) is 18.3. The van der Waals surface area contributed by atoms with Crippen LogP contribution in [-0.4, -0.2) is 43.6 Å². The van der Waals surface area contributed by atoms with E-state index in [1.807, 2.05) is 43.3 Å². The maximum absolute atomic E-state index is 13.9. The van der Waals surface area contributed by atoms with Crippen molar-refractivity contribution in [1.82, 2.24) is 35.9 Å². The summed E-state index contributed by atoms with van der Waals surface area (Å²) in [6, 6.07) is 57.5. The number of amides is 3. The summed E-state index contributed by atoms with van der Waals surface area (Å²) in [5.41, 5.74) is 6.99. The van der Waals surface area contributed by atoms with Gasteiger partial charge in [-0.2, -0.15) is 15.8 Å². The average molecular weight is 1640 g/mol. The molecule has 16 nitrogen and oxygen atoms in total. The van der Waals surface area contributed by atoms with Crippen LogP contribution in [0.5, 0.6) is 0 Å². The zero-order valence-electron chi connectivity index (χ0n) is 57.6. The second-order valence-electron chi connectivity index (χ2n) is 23.8. The van der Waals surface area contributed by atoms with Gasteiger partial charge in [0.15, 0.2) is 11.8 Å². The fourth-order valence-corrected chi connectivity index (χ4v) is 11.5. The summed E-state index contributed by atoms with van der Waals surface area (Å²) in [6.07, 6.45) is 5.65. The predicted octanol–water partition coefficient (Wildman–Crippen LogP) is 21.3.